The number of nitrogens with one attached hydrogen (secondary N) is 2. The first-order valence-electron chi connectivity index (χ1n) is 8.42. The Labute approximate surface area is 160 Å². The maximum Gasteiger partial charge on any atom is 0.229 e. The van der Waals surface area contributed by atoms with Crippen LogP contribution in [0.3, 0.4) is 0 Å². The van der Waals surface area contributed by atoms with Crippen molar-refractivity contribution in [2.75, 3.05) is 10.6 Å². The zero-order valence-corrected chi connectivity index (χ0v) is 15.2. The molecule has 0 fully saturated rings. The first-order valence-corrected chi connectivity index (χ1v) is 8.80. The summed E-state index contributed by atoms with van der Waals surface area (Å²) in [6.45, 7) is 2.63. The van der Waals surface area contributed by atoms with Gasteiger partial charge in [-0.05, 0) is 31.2 Å². The van der Waals surface area contributed by atoms with Gasteiger partial charge in [0.15, 0.2) is 5.65 Å². The molecule has 0 aliphatic carbocycles. The molecule has 0 atom stereocenters. The van der Waals surface area contributed by atoms with Gasteiger partial charge >= 0.3 is 0 Å². The lowest BCUT2D eigenvalue weighted by molar-refractivity contribution is 0.631. The van der Waals surface area contributed by atoms with Crippen LogP contribution < -0.4 is 10.6 Å². The average Bonchev–Trinajstić information content (AvgIpc) is 3.02. The van der Waals surface area contributed by atoms with Crippen molar-refractivity contribution in [1.29, 1.82) is 0 Å². The lowest BCUT2D eigenvalue weighted by atomic mass is 10.3. The van der Waals surface area contributed by atoms with Gasteiger partial charge in [-0.3, -0.25) is 4.57 Å². The summed E-state index contributed by atoms with van der Waals surface area (Å²) in [4.78, 5) is 13.3. The van der Waals surface area contributed by atoms with E-state index in [4.69, 9.17) is 11.6 Å². The number of aromatic nitrogens is 4. The second-order valence-electron chi connectivity index (χ2n) is 5.79. The van der Waals surface area contributed by atoms with E-state index in [9.17, 15) is 4.39 Å². The molecule has 0 saturated heterocycles. The zero-order valence-electron chi connectivity index (χ0n) is 14.4. The van der Waals surface area contributed by atoms with E-state index in [0.717, 1.165) is 5.69 Å². The fraction of sp³-hybridized carbons (Fsp3) is 0.105. The molecular weight excluding hydrogens is 367 g/mol. The van der Waals surface area contributed by atoms with E-state index < -0.39 is 0 Å². The number of anilines is 4. The molecule has 2 heterocycles. The van der Waals surface area contributed by atoms with Crippen LogP contribution in [0.4, 0.5) is 27.7 Å². The summed E-state index contributed by atoms with van der Waals surface area (Å²) in [6.07, 6.45) is 1.61. The summed E-state index contributed by atoms with van der Waals surface area (Å²) >= 11 is 6.23. The second-order valence-corrected chi connectivity index (χ2v) is 6.20. The van der Waals surface area contributed by atoms with Crippen molar-refractivity contribution in [3.8, 4) is 0 Å². The average molecular weight is 383 g/mol. The predicted molar refractivity (Wildman–Crippen MR) is 105 cm³/mol. The first kappa shape index (κ1) is 17.2. The standard InChI is InChI=1S/C19H16ClFN6/c1-2-27-17-16(25-19(27)24-14-9-5-3-7-12(14)20)11-22-18(26-17)23-15-10-6-4-8-13(15)21/h3-11H,2H2,1H3,(H,24,25)(H,22,23,26). The summed E-state index contributed by atoms with van der Waals surface area (Å²) in [5.74, 6) is 0.538. The molecule has 8 heteroatoms. The molecule has 0 aliphatic rings. The molecule has 0 saturated carbocycles. The smallest absolute Gasteiger partial charge is 0.229 e. The van der Waals surface area contributed by atoms with Crippen LogP contribution >= 0.6 is 11.6 Å². The second kappa shape index (κ2) is 7.20. The van der Waals surface area contributed by atoms with Crippen LogP contribution in [0.5, 0.6) is 0 Å². The summed E-state index contributed by atoms with van der Waals surface area (Å²) in [5.41, 5.74) is 2.34. The SMILES string of the molecule is CCn1c(Nc2ccccc2Cl)nc2cnc(Nc3ccccc3F)nc21. The minimum atomic E-state index is -0.369. The summed E-state index contributed by atoms with van der Waals surface area (Å²) in [7, 11) is 0. The third-order valence-corrected chi connectivity index (χ3v) is 4.37. The van der Waals surface area contributed by atoms with E-state index in [-0.39, 0.29) is 5.82 Å². The van der Waals surface area contributed by atoms with Crippen LogP contribution in [0.25, 0.3) is 11.2 Å². The van der Waals surface area contributed by atoms with E-state index >= 15 is 0 Å². The molecule has 0 spiro atoms. The number of benzene rings is 2. The lowest BCUT2D eigenvalue weighted by Crippen LogP contribution is -2.04. The van der Waals surface area contributed by atoms with E-state index in [1.165, 1.54) is 6.07 Å². The Bertz CT molecular complexity index is 1110. The predicted octanol–water partition coefficient (Wildman–Crippen LogP) is 5.13. The molecule has 6 nitrogen and oxygen atoms in total. The largest absolute Gasteiger partial charge is 0.324 e. The van der Waals surface area contributed by atoms with Crippen molar-refractivity contribution in [3.63, 3.8) is 0 Å². The summed E-state index contributed by atoms with van der Waals surface area (Å²) in [6, 6.07) is 13.8. The van der Waals surface area contributed by atoms with Gasteiger partial charge in [-0.15, -0.1) is 0 Å². The summed E-state index contributed by atoms with van der Waals surface area (Å²) < 4.78 is 15.8. The molecule has 27 heavy (non-hydrogen) atoms. The highest BCUT2D eigenvalue weighted by Gasteiger charge is 2.14. The molecular formula is C19H16ClFN6. The lowest BCUT2D eigenvalue weighted by Gasteiger charge is -2.09. The molecule has 0 amide bonds. The van der Waals surface area contributed by atoms with Gasteiger partial charge in [-0.25, -0.2) is 14.4 Å². The number of para-hydroxylation sites is 2. The van der Waals surface area contributed by atoms with Gasteiger partial charge in [-0.1, -0.05) is 35.9 Å². The minimum absolute atomic E-state index is 0.298. The minimum Gasteiger partial charge on any atom is -0.324 e. The fourth-order valence-corrected chi connectivity index (χ4v) is 2.92. The van der Waals surface area contributed by atoms with Crippen LogP contribution in [0, 0.1) is 5.82 Å². The van der Waals surface area contributed by atoms with Gasteiger partial charge < -0.3 is 10.6 Å². The molecule has 0 radical (unpaired) electrons. The van der Waals surface area contributed by atoms with Crippen molar-refractivity contribution in [2.45, 2.75) is 13.5 Å². The normalized spacial score (nSPS) is 10.9. The number of nitrogens with zero attached hydrogens (tertiary/aromatic N) is 4. The first-order chi connectivity index (χ1) is 13.2. The Hall–Kier alpha value is -3.19. The van der Waals surface area contributed by atoms with Crippen molar-refractivity contribution in [1.82, 2.24) is 19.5 Å². The highest BCUT2D eigenvalue weighted by Crippen LogP contribution is 2.27. The highest BCUT2D eigenvalue weighted by molar-refractivity contribution is 6.33. The Morgan fingerprint density at radius 3 is 2.48 bits per heavy atom. The van der Waals surface area contributed by atoms with Crippen LogP contribution in [0.2, 0.25) is 5.02 Å². The number of hydrogen-bond acceptors (Lipinski definition) is 5. The van der Waals surface area contributed by atoms with Gasteiger partial charge in [0.2, 0.25) is 11.9 Å². The quantitative estimate of drug-likeness (QED) is 0.501. The van der Waals surface area contributed by atoms with Crippen LogP contribution in [0.15, 0.2) is 54.7 Å². The summed E-state index contributed by atoms with van der Waals surface area (Å²) in [5, 5.41) is 6.73. The van der Waals surface area contributed by atoms with Crippen molar-refractivity contribution < 1.29 is 4.39 Å². The number of hydrogen-bond donors (Lipinski definition) is 2. The Morgan fingerprint density at radius 2 is 1.74 bits per heavy atom. The Morgan fingerprint density at radius 1 is 1.00 bits per heavy atom. The molecule has 4 aromatic rings. The maximum atomic E-state index is 13.9. The monoisotopic (exact) mass is 382 g/mol. The molecule has 0 aliphatic heterocycles. The van der Waals surface area contributed by atoms with Crippen LogP contribution in [0.1, 0.15) is 6.92 Å². The third kappa shape index (κ3) is 3.41. The van der Waals surface area contributed by atoms with Gasteiger partial charge in [-0.2, -0.15) is 4.98 Å². The molecule has 2 aromatic carbocycles. The van der Waals surface area contributed by atoms with Gasteiger partial charge in [0.05, 0.1) is 22.6 Å². The van der Waals surface area contributed by atoms with E-state index in [1.807, 2.05) is 29.7 Å². The molecule has 0 bridgehead atoms. The van der Waals surface area contributed by atoms with E-state index in [2.05, 4.69) is 25.6 Å². The molecule has 2 N–H and O–H groups in total. The Balaban J connectivity index is 1.71. The third-order valence-electron chi connectivity index (χ3n) is 4.04. The van der Waals surface area contributed by atoms with Crippen LogP contribution in [-0.4, -0.2) is 19.5 Å². The fourth-order valence-electron chi connectivity index (χ4n) is 2.74. The number of imidazole rings is 1. The number of fused-ring (bicyclic) bond motifs is 1. The Kier molecular flexibility index (Phi) is 4.60. The number of aryl methyl sites for hydroxylation is 1. The molecule has 4 rings (SSSR count). The van der Waals surface area contributed by atoms with Crippen molar-refractivity contribution in [2.24, 2.45) is 0 Å². The van der Waals surface area contributed by atoms with Crippen molar-refractivity contribution >= 4 is 46.0 Å². The maximum absolute atomic E-state index is 13.9. The topological polar surface area (TPSA) is 67.7 Å². The molecule has 136 valence electrons. The number of rotatable bonds is 5. The zero-order chi connectivity index (χ0) is 18.8. The van der Waals surface area contributed by atoms with Gasteiger partial charge in [0.1, 0.15) is 11.3 Å². The van der Waals surface area contributed by atoms with Crippen LogP contribution in [-0.2, 0) is 6.54 Å². The van der Waals surface area contributed by atoms with Crippen molar-refractivity contribution in [3.05, 3.63) is 65.6 Å². The van der Waals surface area contributed by atoms with E-state index in [0.29, 0.717) is 40.3 Å². The van der Waals surface area contributed by atoms with Gasteiger partial charge in [0, 0.05) is 6.54 Å². The molecule has 2 aromatic heterocycles. The highest BCUT2D eigenvalue weighted by atomic mass is 35.5. The van der Waals surface area contributed by atoms with E-state index in [1.54, 1.807) is 30.5 Å². The molecule has 0 unspecified atom stereocenters. The number of halogens is 2. The van der Waals surface area contributed by atoms with Gasteiger partial charge in [0.25, 0.3) is 0 Å².